The molecule has 0 heterocycles. The van der Waals surface area contributed by atoms with Gasteiger partial charge in [0.15, 0.2) is 0 Å². The summed E-state index contributed by atoms with van der Waals surface area (Å²) in [4.78, 5) is 0. The van der Waals surface area contributed by atoms with E-state index in [0.29, 0.717) is 0 Å². The summed E-state index contributed by atoms with van der Waals surface area (Å²) in [5.74, 6) is 0.545. The Morgan fingerprint density at radius 2 is 1.81 bits per heavy atom. The monoisotopic (exact) mass is 287 g/mol. The topological polar surface area (TPSA) is 35.2 Å². The second-order valence-electron chi connectivity index (χ2n) is 5.16. The Balaban J connectivity index is 2.25. The molecular formula is C18H22FNO. The Bertz CT molecular complexity index is 568. The zero-order valence-electron chi connectivity index (χ0n) is 12.6. The molecule has 2 N–H and O–H groups in total. The van der Waals surface area contributed by atoms with Crippen LogP contribution in [0.1, 0.15) is 37.5 Å². The molecule has 0 bridgehead atoms. The number of rotatable bonds is 6. The van der Waals surface area contributed by atoms with Crippen LogP contribution >= 0.6 is 0 Å². The molecule has 21 heavy (non-hydrogen) atoms. The van der Waals surface area contributed by atoms with Crippen LogP contribution in [0.15, 0.2) is 48.5 Å². The maximum absolute atomic E-state index is 13.1. The lowest BCUT2D eigenvalue weighted by Gasteiger charge is -2.25. The van der Waals surface area contributed by atoms with Crippen LogP contribution in [-0.2, 0) is 6.42 Å². The molecule has 2 nitrogen and oxygen atoms in total. The van der Waals surface area contributed by atoms with Crippen LogP contribution in [0.2, 0.25) is 0 Å². The van der Waals surface area contributed by atoms with Crippen LogP contribution in [0.5, 0.6) is 5.75 Å². The Morgan fingerprint density at radius 3 is 2.43 bits per heavy atom. The van der Waals surface area contributed by atoms with Crippen molar-refractivity contribution in [2.45, 2.75) is 38.8 Å². The van der Waals surface area contributed by atoms with Gasteiger partial charge in [0.05, 0.1) is 0 Å². The van der Waals surface area contributed by atoms with E-state index >= 15 is 0 Å². The highest BCUT2D eigenvalue weighted by Crippen LogP contribution is 2.26. The van der Waals surface area contributed by atoms with Gasteiger partial charge in [0.25, 0.3) is 0 Å². The van der Waals surface area contributed by atoms with Crippen molar-refractivity contribution in [3.05, 3.63) is 65.5 Å². The van der Waals surface area contributed by atoms with E-state index in [-0.39, 0.29) is 18.0 Å². The van der Waals surface area contributed by atoms with Crippen molar-refractivity contribution in [2.24, 2.45) is 5.73 Å². The van der Waals surface area contributed by atoms with E-state index in [1.165, 1.54) is 17.7 Å². The quantitative estimate of drug-likeness (QED) is 0.862. The normalized spacial score (nSPS) is 13.7. The summed E-state index contributed by atoms with van der Waals surface area (Å²) >= 11 is 0. The maximum Gasteiger partial charge on any atom is 0.139 e. The number of halogens is 1. The molecule has 0 spiro atoms. The molecule has 0 aliphatic rings. The van der Waals surface area contributed by atoms with Crippen molar-refractivity contribution in [2.75, 3.05) is 0 Å². The summed E-state index contributed by atoms with van der Waals surface area (Å²) in [5.41, 5.74) is 8.30. The van der Waals surface area contributed by atoms with Gasteiger partial charge in [-0.3, -0.25) is 0 Å². The zero-order valence-corrected chi connectivity index (χ0v) is 12.6. The van der Waals surface area contributed by atoms with E-state index in [2.05, 4.69) is 13.0 Å². The van der Waals surface area contributed by atoms with E-state index < -0.39 is 0 Å². The van der Waals surface area contributed by atoms with Crippen molar-refractivity contribution in [3.63, 3.8) is 0 Å². The van der Waals surface area contributed by atoms with Crippen LogP contribution < -0.4 is 10.5 Å². The second-order valence-corrected chi connectivity index (χ2v) is 5.16. The fraction of sp³-hybridized carbons (Fsp3) is 0.333. The summed E-state index contributed by atoms with van der Waals surface area (Å²) in [6.07, 6.45) is 1.47. The van der Waals surface area contributed by atoms with Crippen LogP contribution in [0.4, 0.5) is 4.39 Å². The first-order valence-corrected chi connectivity index (χ1v) is 7.40. The molecular weight excluding hydrogens is 265 g/mol. The zero-order chi connectivity index (χ0) is 15.2. The molecule has 0 radical (unpaired) electrons. The molecule has 0 aliphatic heterocycles. The van der Waals surface area contributed by atoms with Gasteiger partial charge in [-0.05, 0) is 48.2 Å². The first-order valence-electron chi connectivity index (χ1n) is 7.40. The van der Waals surface area contributed by atoms with Crippen molar-refractivity contribution in [1.29, 1.82) is 0 Å². The standard InChI is InChI=1S/C18H22FNO/c1-3-13-6-5-7-16(12-13)21-18(17(20)4-2)14-8-10-15(19)11-9-14/h5-12,17-18H,3-4,20H2,1-2H3. The number of benzene rings is 2. The average Bonchev–Trinajstić information content (AvgIpc) is 2.53. The molecule has 0 fully saturated rings. The molecule has 0 amide bonds. The van der Waals surface area contributed by atoms with Gasteiger partial charge in [-0.2, -0.15) is 0 Å². The molecule has 112 valence electrons. The van der Waals surface area contributed by atoms with Crippen LogP contribution in [0, 0.1) is 5.82 Å². The van der Waals surface area contributed by atoms with Gasteiger partial charge in [-0.1, -0.05) is 38.1 Å². The van der Waals surface area contributed by atoms with Gasteiger partial charge in [-0.25, -0.2) is 4.39 Å². The fourth-order valence-electron chi connectivity index (χ4n) is 2.25. The van der Waals surface area contributed by atoms with E-state index in [9.17, 15) is 4.39 Å². The first-order chi connectivity index (χ1) is 10.1. The third-order valence-corrected chi connectivity index (χ3v) is 3.63. The number of hydrogen-bond donors (Lipinski definition) is 1. The Hall–Kier alpha value is -1.87. The predicted octanol–water partition coefficient (Wildman–Crippen LogP) is 4.25. The highest BCUT2D eigenvalue weighted by Gasteiger charge is 2.20. The SMILES string of the molecule is CCc1cccc(OC(c2ccc(F)cc2)C(N)CC)c1. The molecule has 0 aromatic heterocycles. The van der Waals surface area contributed by atoms with Crippen molar-refractivity contribution in [3.8, 4) is 5.75 Å². The Morgan fingerprint density at radius 1 is 1.10 bits per heavy atom. The molecule has 2 rings (SSSR count). The third-order valence-electron chi connectivity index (χ3n) is 3.63. The third kappa shape index (κ3) is 4.05. The molecule has 2 aromatic carbocycles. The van der Waals surface area contributed by atoms with Crippen LogP contribution in [0.3, 0.4) is 0 Å². The smallest absolute Gasteiger partial charge is 0.139 e. The summed E-state index contributed by atoms with van der Waals surface area (Å²) < 4.78 is 19.2. The van der Waals surface area contributed by atoms with E-state index in [1.807, 2.05) is 25.1 Å². The molecule has 2 atom stereocenters. The summed E-state index contributed by atoms with van der Waals surface area (Å²) in [7, 11) is 0. The summed E-state index contributed by atoms with van der Waals surface area (Å²) in [6.45, 7) is 4.13. The van der Waals surface area contributed by atoms with E-state index in [4.69, 9.17) is 10.5 Å². The minimum absolute atomic E-state index is 0.138. The van der Waals surface area contributed by atoms with Gasteiger partial charge in [0.1, 0.15) is 17.7 Å². The minimum atomic E-state index is -0.275. The number of nitrogens with two attached hydrogens (primary N) is 1. The molecule has 0 saturated carbocycles. The van der Waals surface area contributed by atoms with Gasteiger partial charge < -0.3 is 10.5 Å². The molecule has 0 aliphatic carbocycles. The second kappa shape index (κ2) is 7.23. The van der Waals surface area contributed by atoms with Gasteiger partial charge in [-0.15, -0.1) is 0 Å². The number of hydrogen-bond acceptors (Lipinski definition) is 2. The predicted molar refractivity (Wildman–Crippen MR) is 83.9 cm³/mol. The van der Waals surface area contributed by atoms with Crippen molar-refractivity contribution >= 4 is 0 Å². The Labute approximate surface area is 125 Å². The van der Waals surface area contributed by atoms with Crippen LogP contribution in [-0.4, -0.2) is 6.04 Å². The van der Waals surface area contributed by atoms with Crippen molar-refractivity contribution in [1.82, 2.24) is 0 Å². The average molecular weight is 287 g/mol. The molecule has 3 heteroatoms. The lowest BCUT2D eigenvalue weighted by atomic mass is 10.0. The van der Waals surface area contributed by atoms with E-state index in [1.54, 1.807) is 12.1 Å². The summed E-state index contributed by atoms with van der Waals surface area (Å²) in [5, 5.41) is 0. The highest BCUT2D eigenvalue weighted by atomic mass is 19.1. The highest BCUT2D eigenvalue weighted by molar-refractivity contribution is 5.30. The molecule has 2 aromatic rings. The largest absolute Gasteiger partial charge is 0.484 e. The van der Waals surface area contributed by atoms with Gasteiger partial charge in [0.2, 0.25) is 0 Å². The lowest BCUT2D eigenvalue weighted by molar-refractivity contribution is 0.171. The maximum atomic E-state index is 13.1. The minimum Gasteiger partial charge on any atom is -0.484 e. The van der Waals surface area contributed by atoms with Crippen molar-refractivity contribution < 1.29 is 9.13 Å². The van der Waals surface area contributed by atoms with E-state index in [0.717, 1.165) is 24.2 Å². The van der Waals surface area contributed by atoms with Gasteiger partial charge in [0, 0.05) is 6.04 Å². The number of aryl methyl sites for hydroxylation is 1. The Kier molecular flexibility index (Phi) is 5.34. The first kappa shape index (κ1) is 15.5. The van der Waals surface area contributed by atoms with Gasteiger partial charge >= 0.3 is 0 Å². The lowest BCUT2D eigenvalue weighted by Crippen LogP contribution is -2.31. The fourth-order valence-corrected chi connectivity index (χ4v) is 2.25. The molecule has 0 saturated heterocycles. The number of ether oxygens (including phenoxy) is 1. The molecule has 2 unspecified atom stereocenters. The summed E-state index contributed by atoms with van der Waals surface area (Å²) in [6, 6.07) is 14.2. The van der Waals surface area contributed by atoms with Crippen LogP contribution in [0.25, 0.3) is 0 Å².